The fraction of sp³-hybridized carbons (Fsp3) is 0.733. The summed E-state index contributed by atoms with van der Waals surface area (Å²) in [5.74, 6) is 0.173. The highest BCUT2D eigenvalue weighted by Gasteiger charge is 2.35. The van der Waals surface area contributed by atoms with E-state index in [1.807, 2.05) is 4.57 Å². The smallest absolute Gasteiger partial charge is 0.231 e. The molecule has 1 N–H and O–H groups in total. The minimum atomic E-state index is -0.646. The molecule has 0 saturated heterocycles. The van der Waals surface area contributed by atoms with Crippen molar-refractivity contribution in [3.63, 3.8) is 0 Å². The average Bonchev–Trinajstić information content (AvgIpc) is 3.15. The van der Waals surface area contributed by atoms with Crippen molar-refractivity contribution in [3.8, 4) is 6.07 Å². The highest BCUT2D eigenvalue weighted by molar-refractivity contribution is 7.99. The van der Waals surface area contributed by atoms with Gasteiger partial charge in [0.05, 0.1) is 11.8 Å². The molecule has 22 heavy (non-hydrogen) atoms. The summed E-state index contributed by atoms with van der Waals surface area (Å²) in [5.41, 5.74) is -0.646. The van der Waals surface area contributed by atoms with Gasteiger partial charge >= 0.3 is 0 Å². The van der Waals surface area contributed by atoms with E-state index >= 15 is 0 Å². The van der Waals surface area contributed by atoms with E-state index in [0.29, 0.717) is 0 Å². The van der Waals surface area contributed by atoms with Gasteiger partial charge in [0.2, 0.25) is 5.91 Å². The van der Waals surface area contributed by atoms with Crippen molar-refractivity contribution in [1.29, 1.82) is 5.26 Å². The Morgan fingerprint density at radius 1 is 1.50 bits per heavy atom. The second-order valence-corrected chi connectivity index (χ2v) is 6.69. The molecule has 1 saturated carbocycles. The molecule has 1 fully saturated rings. The summed E-state index contributed by atoms with van der Waals surface area (Å²) in [5, 5.41) is 20.9. The first-order valence-electron chi connectivity index (χ1n) is 7.92. The monoisotopic (exact) mass is 321 g/mol. The predicted molar refractivity (Wildman–Crippen MR) is 85.2 cm³/mol. The van der Waals surface area contributed by atoms with Gasteiger partial charge in [-0.2, -0.15) is 5.26 Å². The van der Waals surface area contributed by atoms with Crippen LogP contribution < -0.4 is 5.32 Å². The van der Waals surface area contributed by atoms with E-state index in [9.17, 15) is 10.1 Å². The molecule has 0 aliphatic heterocycles. The molecule has 1 aliphatic carbocycles. The summed E-state index contributed by atoms with van der Waals surface area (Å²) >= 11 is 1.38. The molecule has 6 nitrogen and oxygen atoms in total. The molecule has 0 spiro atoms. The number of aromatic nitrogens is 3. The lowest BCUT2D eigenvalue weighted by Gasteiger charge is -2.21. The molecule has 0 radical (unpaired) electrons. The van der Waals surface area contributed by atoms with Crippen LogP contribution in [0.15, 0.2) is 11.5 Å². The first-order chi connectivity index (χ1) is 10.7. The maximum atomic E-state index is 12.1. The van der Waals surface area contributed by atoms with Crippen LogP contribution in [0, 0.1) is 11.3 Å². The highest BCUT2D eigenvalue weighted by Crippen LogP contribution is 2.29. The number of hydrogen-bond acceptors (Lipinski definition) is 5. The minimum Gasteiger partial charge on any atom is -0.337 e. The van der Waals surface area contributed by atoms with Gasteiger partial charge < -0.3 is 9.88 Å². The number of carbonyl (C=O) groups is 1. The van der Waals surface area contributed by atoms with E-state index in [1.165, 1.54) is 24.6 Å². The number of amides is 1. The SMILES string of the molecule is CCCCCn1cnnc1SCC(=O)NC1(C#N)CCCC1. The van der Waals surface area contributed by atoms with Crippen molar-refractivity contribution < 1.29 is 4.79 Å². The van der Waals surface area contributed by atoms with E-state index in [4.69, 9.17) is 0 Å². The van der Waals surface area contributed by atoms with Gasteiger partial charge in [0.15, 0.2) is 5.16 Å². The predicted octanol–water partition coefficient (Wildman–Crippen LogP) is 2.51. The molecule has 1 aromatic rings. The average molecular weight is 321 g/mol. The molecule has 0 atom stereocenters. The Hall–Kier alpha value is -1.55. The first-order valence-corrected chi connectivity index (χ1v) is 8.90. The van der Waals surface area contributed by atoms with Crippen LogP contribution in [0.5, 0.6) is 0 Å². The Morgan fingerprint density at radius 3 is 2.95 bits per heavy atom. The van der Waals surface area contributed by atoms with Gasteiger partial charge in [-0.25, -0.2) is 0 Å². The van der Waals surface area contributed by atoms with E-state index in [2.05, 4.69) is 28.5 Å². The summed E-state index contributed by atoms with van der Waals surface area (Å²) in [6.07, 6.45) is 8.67. The molecule has 1 aliphatic rings. The lowest BCUT2D eigenvalue weighted by atomic mass is 10.0. The van der Waals surface area contributed by atoms with Crippen LogP contribution >= 0.6 is 11.8 Å². The van der Waals surface area contributed by atoms with E-state index < -0.39 is 5.54 Å². The van der Waals surface area contributed by atoms with Crippen molar-refractivity contribution in [1.82, 2.24) is 20.1 Å². The van der Waals surface area contributed by atoms with Gasteiger partial charge in [-0.3, -0.25) is 4.79 Å². The number of thioether (sulfide) groups is 1. The zero-order valence-corrected chi connectivity index (χ0v) is 13.9. The largest absolute Gasteiger partial charge is 0.337 e. The van der Waals surface area contributed by atoms with Crippen LogP contribution in [0.2, 0.25) is 0 Å². The number of nitrogens with one attached hydrogen (secondary N) is 1. The summed E-state index contributed by atoms with van der Waals surface area (Å²) in [6.45, 7) is 3.05. The zero-order valence-electron chi connectivity index (χ0n) is 13.0. The van der Waals surface area contributed by atoms with Crippen molar-refractivity contribution in [2.45, 2.75) is 69.1 Å². The van der Waals surface area contributed by atoms with Crippen molar-refractivity contribution in [2.24, 2.45) is 0 Å². The second-order valence-electron chi connectivity index (χ2n) is 5.75. The highest BCUT2D eigenvalue weighted by atomic mass is 32.2. The summed E-state index contributed by atoms with van der Waals surface area (Å²) in [6, 6.07) is 2.27. The first kappa shape index (κ1) is 16.8. The van der Waals surface area contributed by atoms with Crippen LogP contribution in [-0.2, 0) is 11.3 Å². The number of hydrogen-bond donors (Lipinski definition) is 1. The zero-order chi connectivity index (χ0) is 15.8. The molecular weight excluding hydrogens is 298 g/mol. The van der Waals surface area contributed by atoms with E-state index in [1.54, 1.807) is 6.33 Å². The van der Waals surface area contributed by atoms with Gasteiger partial charge in [-0.05, 0) is 32.1 Å². The van der Waals surface area contributed by atoms with E-state index in [-0.39, 0.29) is 11.7 Å². The minimum absolute atomic E-state index is 0.100. The Balaban J connectivity index is 1.81. The molecule has 0 aromatic carbocycles. The normalized spacial score (nSPS) is 16.4. The molecule has 1 heterocycles. The van der Waals surface area contributed by atoms with Gasteiger partial charge in [-0.1, -0.05) is 31.5 Å². The molecule has 0 bridgehead atoms. The maximum absolute atomic E-state index is 12.1. The molecule has 120 valence electrons. The van der Waals surface area contributed by atoms with Gasteiger partial charge in [0, 0.05) is 6.54 Å². The Bertz CT molecular complexity index is 530. The quantitative estimate of drug-likeness (QED) is 0.587. The van der Waals surface area contributed by atoms with Gasteiger partial charge in [-0.15, -0.1) is 10.2 Å². The number of carbonyl (C=O) groups excluding carboxylic acids is 1. The third-order valence-corrected chi connectivity index (χ3v) is 4.95. The van der Waals surface area contributed by atoms with Crippen molar-refractivity contribution in [2.75, 3.05) is 5.75 Å². The Labute approximate surface area is 135 Å². The van der Waals surface area contributed by atoms with Crippen LogP contribution in [0.1, 0.15) is 51.9 Å². The van der Waals surface area contributed by atoms with E-state index in [0.717, 1.165) is 43.8 Å². The fourth-order valence-corrected chi connectivity index (χ4v) is 3.46. The number of nitriles is 1. The number of rotatable bonds is 8. The third-order valence-electron chi connectivity index (χ3n) is 3.96. The Morgan fingerprint density at radius 2 is 2.27 bits per heavy atom. The van der Waals surface area contributed by atoms with Crippen LogP contribution in [0.3, 0.4) is 0 Å². The summed E-state index contributed by atoms with van der Waals surface area (Å²) in [4.78, 5) is 12.1. The number of aryl methyl sites for hydroxylation is 1. The molecule has 0 unspecified atom stereocenters. The van der Waals surface area contributed by atoms with Crippen LogP contribution in [0.25, 0.3) is 0 Å². The lowest BCUT2D eigenvalue weighted by Crippen LogP contribution is -2.45. The molecule has 7 heteroatoms. The topological polar surface area (TPSA) is 83.6 Å². The standard InChI is InChI=1S/C15H23N5OS/c1-2-3-6-9-20-12-17-19-14(20)22-10-13(21)18-15(11-16)7-4-5-8-15/h12H,2-10H2,1H3,(H,18,21). The molecule has 2 rings (SSSR count). The maximum Gasteiger partial charge on any atom is 0.231 e. The second kappa shape index (κ2) is 8.18. The van der Waals surface area contributed by atoms with Crippen molar-refractivity contribution in [3.05, 3.63) is 6.33 Å². The summed E-state index contributed by atoms with van der Waals surface area (Å²) in [7, 11) is 0. The molecular formula is C15H23N5OS. The number of nitrogens with zero attached hydrogens (tertiary/aromatic N) is 4. The number of unbranched alkanes of at least 4 members (excludes halogenated alkanes) is 2. The fourth-order valence-electron chi connectivity index (χ4n) is 2.72. The Kier molecular flexibility index (Phi) is 6.25. The molecule has 1 aromatic heterocycles. The van der Waals surface area contributed by atoms with Crippen molar-refractivity contribution >= 4 is 17.7 Å². The lowest BCUT2D eigenvalue weighted by molar-refractivity contribution is -0.119. The van der Waals surface area contributed by atoms with Crippen LogP contribution in [-0.4, -0.2) is 32.0 Å². The van der Waals surface area contributed by atoms with Gasteiger partial charge in [0.1, 0.15) is 11.9 Å². The van der Waals surface area contributed by atoms with Gasteiger partial charge in [0.25, 0.3) is 0 Å². The third kappa shape index (κ3) is 4.47. The molecule has 1 amide bonds. The van der Waals surface area contributed by atoms with Crippen LogP contribution in [0.4, 0.5) is 0 Å². The summed E-state index contributed by atoms with van der Waals surface area (Å²) < 4.78 is 1.99.